The summed E-state index contributed by atoms with van der Waals surface area (Å²) in [5.41, 5.74) is 1.36. The fourth-order valence-electron chi connectivity index (χ4n) is 2.71. The molecule has 1 aliphatic rings. The molecule has 3 rings (SSSR count). The summed E-state index contributed by atoms with van der Waals surface area (Å²) in [6.07, 6.45) is 2.33. The van der Waals surface area contributed by atoms with Crippen molar-refractivity contribution in [3.05, 3.63) is 53.7 Å². The minimum atomic E-state index is -0.474. The van der Waals surface area contributed by atoms with Crippen molar-refractivity contribution in [2.24, 2.45) is 0 Å². The maximum atomic E-state index is 13.0. The monoisotopic (exact) mass is 301 g/mol. The van der Waals surface area contributed by atoms with Crippen molar-refractivity contribution >= 4 is 11.8 Å². The van der Waals surface area contributed by atoms with E-state index < -0.39 is 5.97 Å². The minimum absolute atomic E-state index is 0.225. The summed E-state index contributed by atoms with van der Waals surface area (Å²) >= 11 is 0. The molecule has 2 aromatic rings. The number of benzene rings is 1. The number of aromatic nitrogens is 2. The normalized spacial score (nSPS) is 17.5. The Morgan fingerprint density at radius 1 is 1.32 bits per heavy atom. The van der Waals surface area contributed by atoms with Gasteiger partial charge < -0.3 is 9.64 Å². The summed E-state index contributed by atoms with van der Waals surface area (Å²) in [5, 5.41) is 0. The average Bonchev–Trinajstić information content (AvgIpc) is 3.05. The molecule has 6 heteroatoms. The number of hydrogen-bond donors (Lipinski definition) is 0. The van der Waals surface area contributed by atoms with E-state index in [0.29, 0.717) is 11.7 Å². The summed E-state index contributed by atoms with van der Waals surface area (Å²) < 4.78 is 17.7. The highest BCUT2D eigenvalue weighted by Gasteiger charge is 2.25. The SMILES string of the molecule is COC(=O)c1cc(N2CC[C@H](c3ccc(F)cc3)C2)ncn1. The summed E-state index contributed by atoms with van der Waals surface area (Å²) in [5.74, 6) is 0.340. The van der Waals surface area contributed by atoms with Crippen LogP contribution in [0.15, 0.2) is 36.7 Å². The van der Waals surface area contributed by atoms with Crippen LogP contribution < -0.4 is 4.90 Å². The molecule has 114 valence electrons. The molecule has 0 bridgehead atoms. The number of halogens is 1. The molecule has 0 spiro atoms. The zero-order valence-electron chi connectivity index (χ0n) is 12.2. The Kier molecular flexibility index (Phi) is 4.00. The molecule has 0 amide bonds. The first-order valence-corrected chi connectivity index (χ1v) is 7.08. The first kappa shape index (κ1) is 14.4. The third-order valence-corrected chi connectivity index (χ3v) is 3.90. The second-order valence-corrected chi connectivity index (χ2v) is 5.24. The Morgan fingerprint density at radius 2 is 2.09 bits per heavy atom. The van der Waals surface area contributed by atoms with Gasteiger partial charge in [0.2, 0.25) is 0 Å². The molecule has 1 aliphatic heterocycles. The largest absolute Gasteiger partial charge is 0.464 e. The quantitative estimate of drug-likeness (QED) is 0.815. The van der Waals surface area contributed by atoms with Crippen LogP contribution in [0.25, 0.3) is 0 Å². The lowest BCUT2D eigenvalue weighted by Crippen LogP contribution is -2.21. The number of nitrogens with zero attached hydrogens (tertiary/aromatic N) is 3. The van der Waals surface area contributed by atoms with Gasteiger partial charge in [0.05, 0.1) is 7.11 Å². The summed E-state index contributed by atoms with van der Waals surface area (Å²) in [7, 11) is 1.32. The van der Waals surface area contributed by atoms with Gasteiger partial charge in [0.15, 0.2) is 5.69 Å². The molecule has 1 fully saturated rings. The second-order valence-electron chi connectivity index (χ2n) is 5.24. The van der Waals surface area contributed by atoms with Crippen molar-refractivity contribution in [2.45, 2.75) is 12.3 Å². The first-order chi connectivity index (χ1) is 10.7. The molecule has 0 aliphatic carbocycles. The Morgan fingerprint density at radius 3 is 2.82 bits per heavy atom. The topological polar surface area (TPSA) is 55.3 Å². The highest BCUT2D eigenvalue weighted by Crippen LogP contribution is 2.30. The van der Waals surface area contributed by atoms with Crippen LogP contribution in [0.5, 0.6) is 0 Å². The molecule has 1 saturated heterocycles. The Hall–Kier alpha value is -2.50. The molecule has 1 aromatic carbocycles. The van der Waals surface area contributed by atoms with Crippen molar-refractivity contribution in [3.63, 3.8) is 0 Å². The van der Waals surface area contributed by atoms with E-state index in [2.05, 4.69) is 19.6 Å². The van der Waals surface area contributed by atoms with E-state index in [1.54, 1.807) is 6.07 Å². The van der Waals surface area contributed by atoms with Crippen LogP contribution in [0, 0.1) is 5.82 Å². The third kappa shape index (κ3) is 2.90. The molecule has 1 atom stereocenters. The highest BCUT2D eigenvalue weighted by atomic mass is 19.1. The van der Waals surface area contributed by atoms with Crippen LogP contribution in [-0.4, -0.2) is 36.1 Å². The summed E-state index contributed by atoms with van der Waals surface area (Å²) in [6.45, 7) is 1.61. The summed E-state index contributed by atoms with van der Waals surface area (Å²) in [4.78, 5) is 21.8. The lowest BCUT2D eigenvalue weighted by atomic mass is 9.99. The molecule has 0 unspecified atom stereocenters. The summed E-state index contributed by atoms with van der Waals surface area (Å²) in [6, 6.07) is 8.25. The van der Waals surface area contributed by atoms with Gasteiger partial charge in [0.1, 0.15) is 18.0 Å². The molecule has 0 saturated carbocycles. The average molecular weight is 301 g/mol. The molecule has 0 radical (unpaired) electrons. The van der Waals surface area contributed by atoms with Crippen molar-refractivity contribution in [1.82, 2.24) is 9.97 Å². The predicted molar refractivity (Wildman–Crippen MR) is 79.3 cm³/mol. The third-order valence-electron chi connectivity index (χ3n) is 3.90. The van der Waals surface area contributed by atoms with Gasteiger partial charge in [-0.05, 0) is 24.1 Å². The fraction of sp³-hybridized carbons (Fsp3) is 0.312. The van der Waals surface area contributed by atoms with Crippen molar-refractivity contribution in [1.29, 1.82) is 0 Å². The highest BCUT2D eigenvalue weighted by molar-refractivity contribution is 5.87. The maximum absolute atomic E-state index is 13.0. The van der Waals surface area contributed by atoms with E-state index in [4.69, 9.17) is 0 Å². The number of anilines is 1. The van der Waals surface area contributed by atoms with Gasteiger partial charge in [-0.3, -0.25) is 0 Å². The van der Waals surface area contributed by atoms with E-state index in [9.17, 15) is 9.18 Å². The number of esters is 1. The number of carbonyl (C=O) groups excluding carboxylic acids is 1. The van der Waals surface area contributed by atoms with Crippen molar-refractivity contribution < 1.29 is 13.9 Å². The minimum Gasteiger partial charge on any atom is -0.464 e. The first-order valence-electron chi connectivity index (χ1n) is 7.08. The zero-order chi connectivity index (χ0) is 15.5. The molecular formula is C16H16FN3O2. The molecule has 5 nitrogen and oxygen atoms in total. The van der Waals surface area contributed by atoms with Crippen LogP contribution in [0.3, 0.4) is 0 Å². The van der Waals surface area contributed by atoms with Crippen molar-refractivity contribution in [3.8, 4) is 0 Å². The number of methoxy groups -OCH3 is 1. The van der Waals surface area contributed by atoms with Gasteiger partial charge in [-0.1, -0.05) is 12.1 Å². The Labute approximate surface area is 127 Å². The molecular weight excluding hydrogens is 285 g/mol. The van der Waals surface area contributed by atoms with E-state index in [1.165, 1.54) is 25.6 Å². The van der Waals surface area contributed by atoms with Gasteiger partial charge in [-0.2, -0.15) is 0 Å². The van der Waals surface area contributed by atoms with Crippen molar-refractivity contribution in [2.75, 3.05) is 25.1 Å². The second kappa shape index (κ2) is 6.09. The van der Waals surface area contributed by atoms with Crippen LogP contribution in [-0.2, 0) is 4.74 Å². The van der Waals surface area contributed by atoms with E-state index in [-0.39, 0.29) is 11.5 Å². The van der Waals surface area contributed by atoms with E-state index in [1.807, 2.05) is 12.1 Å². The smallest absolute Gasteiger partial charge is 0.356 e. The number of ether oxygens (including phenoxy) is 1. The fourth-order valence-corrected chi connectivity index (χ4v) is 2.71. The van der Waals surface area contributed by atoms with Gasteiger partial charge in [-0.15, -0.1) is 0 Å². The molecule has 2 heterocycles. The van der Waals surface area contributed by atoms with E-state index >= 15 is 0 Å². The maximum Gasteiger partial charge on any atom is 0.356 e. The molecule has 22 heavy (non-hydrogen) atoms. The number of hydrogen-bond acceptors (Lipinski definition) is 5. The van der Waals surface area contributed by atoms with Gasteiger partial charge in [0.25, 0.3) is 0 Å². The zero-order valence-corrected chi connectivity index (χ0v) is 12.2. The molecule has 1 aromatic heterocycles. The van der Waals surface area contributed by atoms with Gasteiger partial charge in [-0.25, -0.2) is 19.2 Å². The van der Waals surface area contributed by atoms with Crippen LogP contribution in [0.2, 0.25) is 0 Å². The predicted octanol–water partition coefficient (Wildman–Crippen LogP) is 2.40. The lowest BCUT2D eigenvalue weighted by molar-refractivity contribution is 0.0594. The number of rotatable bonds is 3. The van der Waals surface area contributed by atoms with E-state index in [0.717, 1.165) is 25.1 Å². The standard InChI is InChI=1S/C16H16FN3O2/c1-22-16(21)14-8-15(19-10-18-14)20-7-6-12(9-20)11-2-4-13(17)5-3-11/h2-5,8,10,12H,6-7,9H2,1H3/t12-/m0/s1. The number of carbonyl (C=O) groups is 1. The van der Waals surface area contributed by atoms with Crippen LogP contribution >= 0.6 is 0 Å². The van der Waals surface area contributed by atoms with Gasteiger partial charge >= 0.3 is 5.97 Å². The lowest BCUT2D eigenvalue weighted by Gasteiger charge is -2.17. The van der Waals surface area contributed by atoms with Crippen LogP contribution in [0.4, 0.5) is 10.2 Å². The van der Waals surface area contributed by atoms with Gasteiger partial charge in [0, 0.05) is 25.1 Å². The molecule has 0 N–H and O–H groups in total. The Bertz CT molecular complexity index is 675. The van der Waals surface area contributed by atoms with Crippen LogP contribution in [0.1, 0.15) is 28.4 Å². The Balaban J connectivity index is 1.75.